The Kier molecular flexibility index (Phi) is 6.02. The predicted octanol–water partition coefficient (Wildman–Crippen LogP) is 4.84. The van der Waals surface area contributed by atoms with Gasteiger partial charge in [0, 0.05) is 31.4 Å². The Morgan fingerprint density at radius 1 is 1.19 bits per heavy atom. The Morgan fingerprint density at radius 2 is 1.88 bits per heavy atom. The summed E-state index contributed by atoms with van der Waals surface area (Å²) in [6.45, 7) is -2.07. The minimum Gasteiger partial charge on any atom is -0.368 e. The molecule has 0 aromatic carbocycles. The minimum absolute atomic E-state index is 0.0758. The Balaban J connectivity index is 1.36. The molecule has 0 aliphatic heterocycles. The van der Waals surface area contributed by atoms with Crippen LogP contribution in [0.3, 0.4) is 0 Å². The number of carbonyl (C=O) groups is 1. The first-order valence-electron chi connectivity index (χ1n) is 10.1. The molecular weight excluding hydrogens is 452 g/mol. The third-order valence-corrected chi connectivity index (χ3v) is 5.77. The number of carbonyl (C=O) groups excluding carboxylic acids is 1. The number of imidazole rings is 1. The van der Waals surface area contributed by atoms with Gasteiger partial charge in [-0.2, -0.15) is 22.7 Å². The van der Waals surface area contributed by atoms with Gasteiger partial charge in [-0.15, -0.1) is 0 Å². The summed E-state index contributed by atoms with van der Waals surface area (Å²) in [7, 11) is 0. The maximum Gasteiger partial charge on any atom is 0.333 e. The van der Waals surface area contributed by atoms with Gasteiger partial charge in [-0.05, 0) is 37.8 Å². The number of amides is 1. The number of pyridine rings is 1. The molecule has 0 spiro atoms. The van der Waals surface area contributed by atoms with Crippen molar-refractivity contribution in [1.82, 2.24) is 24.5 Å². The summed E-state index contributed by atoms with van der Waals surface area (Å²) in [5, 5.41) is 9.34. The average Bonchev–Trinajstić information content (AvgIpc) is 3.34. The van der Waals surface area contributed by atoms with Crippen molar-refractivity contribution < 1.29 is 22.4 Å². The smallest absolute Gasteiger partial charge is 0.333 e. The average molecular weight is 473 g/mol. The highest BCUT2D eigenvalue weighted by Crippen LogP contribution is 2.29. The zero-order chi connectivity index (χ0) is 23.0. The summed E-state index contributed by atoms with van der Waals surface area (Å²) in [6, 6.07) is 5.14. The maximum atomic E-state index is 13.6. The van der Waals surface area contributed by atoms with Crippen LogP contribution in [-0.2, 0) is 5.92 Å². The predicted molar refractivity (Wildman–Crippen MR) is 110 cm³/mol. The molecule has 4 rings (SSSR count). The number of fused-ring (bicyclic) bond motifs is 1. The molecule has 1 fully saturated rings. The van der Waals surface area contributed by atoms with Crippen LogP contribution in [-0.4, -0.2) is 37.2 Å². The van der Waals surface area contributed by atoms with E-state index in [0.29, 0.717) is 29.0 Å². The number of anilines is 1. The number of hydrogen-bond donors (Lipinski definition) is 2. The second-order valence-corrected chi connectivity index (χ2v) is 8.27. The van der Waals surface area contributed by atoms with Crippen molar-refractivity contribution in [2.75, 3.05) is 5.32 Å². The fourth-order valence-corrected chi connectivity index (χ4v) is 4.04. The second kappa shape index (κ2) is 8.61. The van der Waals surface area contributed by atoms with E-state index < -0.39 is 18.4 Å². The number of alkyl halides is 4. The van der Waals surface area contributed by atoms with Crippen molar-refractivity contribution >= 4 is 29.0 Å². The van der Waals surface area contributed by atoms with Gasteiger partial charge in [0.05, 0.1) is 5.56 Å². The van der Waals surface area contributed by atoms with Gasteiger partial charge >= 0.3 is 6.55 Å². The molecule has 0 atom stereocenters. The summed E-state index contributed by atoms with van der Waals surface area (Å²) in [4.78, 5) is 16.4. The van der Waals surface area contributed by atoms with E-state index in [1.165, 1.54) is 6.20 Å². The lowest BCUT2D eigenvalue weighted by Crippen LogP contribution is -2.40. The van der Waals surface area contributed by atoms with Gasteiger partial charge in [0.2, 0.25) is 0 Å². The molecule has 3 aromatic rings. The zero-order valence-corrected chi connectivity index (χ0v) is 17.8. The molecule has 12 heteroatoms. The number of halogens is 5. The van der Waals surface area contributed by atoms with Crippen LogP contribution in [0.25, 0.3) is 5.65 Å². The lowest BCUT2D eigenvalue weighted by molar-refractivity contribution is 0.0133. The van der Waals surface area contributed by atoms with E-state index in [2.05, 4.69) is 20.7 Å². The summed E-state index contributed by atoms with van der Waals surface area (Å²) in [6.07, 6.45) is 5.00. The van der Waals surface area contributed by atoms with E-state index in [0.717, 1.165) is 26.0 Å². The Morgan fingerprint density at radius 3 is 2.50 bits per heavy atom. The van der Waals surface area contributed by atoms with Crippen LogP contribution < -0.4 is 10.6 Å². The largest absolute Gasteiger partial charge is 0.368 e. The van der Waals surface area contributed by atoms with Crippen LogP contribution >= 0.6 is 11.6 Å². The quantitative estimate of drug-likeness (QED) is 0.503. The Bertz CT molecular complexity index is 1120. The van der Waals surface area contributed by atoms with Gasteiger partial charge in [-0.3, -0.25) is 9.20 Å². The Labute approximate surface area is 185 Å². The van der Waals surface area contributed by atoms with Crippen LogP contribution in [0.15, 0.2) is 30.6 Å². The molecule has 1 saturated carbocycles. The summed E-state index contributed by atoms with van der Waals surface area (Å²) >= 11 is 5.80. The third-order valence-electron chi connectivity index (χ3n) is 5.49. The first-order chi connectivity index (χ1) is 15.1. The van der Waals surface area contributed by atoms with Crippen LogP contribution in [0.5, 0.6) is 0 Å². The van der Waals surface area contributed by atoms with Gasteiger partial charge in [-0.25, -0.2) is 9.67 Å². The monoisotopic (exact) mass is 472 g/mol. The van der Waals surface area contributed by atoms with Gasteiger partial charge < -0.3 is 10.6 Å². The van der Waals surface area contributed by atoms with Crippen LogP contribution in [0.1, 0.15) is 55.2 Å². The van der Waals surface area contributed by atoms with Crippen molar-refractivity contribution in [2.24, 2.45) is 0 Å². The molecule has 1 amide bonds. The van der Waals surface area contributed by atoms with Crippen molar-refractivity contribution in [3.8, 4) is 0 Å². The third kappa shape index (κ3) is 4.67. The highest BCUT2D eigenvalue weighted by atomic mass is 35.5. The van der Waals surface area contributed by atoms with Gasteiger partial charge in [-0.1, -0.05) is 17.7 Å². The van der Waals surface area contributed by atoms with Crippen molar-refractivity contribution in [1.29, 1.82) is 0 Å². The van der Waals surface area contributed by atoms with Gasteiger partial charge in [0.1, 0.15) is 17.2 Å². The van der Waals surface area contributed by atoms with E-state index in [-0.39, 0.29) is 28.5 Å². The van der Waals surface area contributed by atoms with Crippen molar-refractivity contribution in [3.05, 3.63) is 47.0 Å². The second-order valence-electron chi connectivity index (χ2n) is 7.91. The van der Waals surface area contributed by atoms with Gasteiger partial charge in [0.25, 0.3) is 11.8 Å². The van der Waals surface area contributed by atoms with E-state index in [1.54, 1.807) is 22.6 Å². The first-order valence-corrected chi connectivity index (χ1v) is 10.5. The molecule has 3 heterocycles. The van der Waals surface area contributed by atoms with E-state index in [4.69, 9.17) is 11.6 Å². The lowest BCUT2D eigenvalue weighted by atomic mass is 9.91. The van der Waals surface area contributed by atoms with Crippen LogP contribution in [0.4, 0.5) is 23.4 Å². The van der Waals surface area contributed by atoms with E-state index >= 15 is 0 Å². The van der Waals surface area contributed by atoms with Crippen LogP contribution in [0, 0.1) is 0 Å². The summed E-state index contributed by atoms with van der Waals surface area (Å²) < 4.78 is 54.7. The number of nitrogens with zero attached hydrogens (tertiary/aromatic N) is 4. The fraction of sp³-hybridized carbons (Fsp3) is 0.450. The molecule has 1 aliphatic rings. The van der Waals surface area contributed by atoms with E-state index in [1.807, 2.05) is 0 Å². The molecule has 32 heavy (non-hydrogen) atoms. The molecule has 2 N–H and O–H groups in total. The highest BCUT2D eigenvalue weighted by molar-refractivity contribution is 6.32. The first kappa shape index (κ1) is 22.4. The topological polar surface area (TPSA) is 76.2 Å². The minimum atomic E-state index is -3.03. The zero-order valence-electron chi connectivity index (χ0n) is 17.0. The SMILES string of the molecule is CC(F)(F)c1cn2c(NC3CCC(NC(=O)c4cn(C(F)F)nc4Cl)CC3)cccc2n1. The lowest BCUT2D eigenvalue weighted by Gasteiger charge is -2.30. The number of hydrogen-bond acceptors (Lipinski definition) is 4. The summed E-state index contributed by atoms with van der Waals surface area (Å²) in [5.41, 5.74) is 0.0308. The molecule has 1 aliphatic carbocycles. The molecule has 0 unspecified atom stereocenters. The standard InChI is InChI=1S/C20H21ClF4N6O/c1-20(24,25)14-10-30-15(3-2-4-16(30)28-14)26-11-5-7-12(8-6-11)27-18(32)13-9-31(19(22)23)29-17(13)21/h2-4,9-12,19,26H,5-8H2,1H3,(H,27,32). The van der Waals surface area contributed by atoms with Crippen LogP contribution in [0.2, 0.25) is 5.15 Å². The number of rotatable bonds is 6. The maximum absolute atomic E-state index is 13.6. The molecular formula is C20H21ClF4N6O. The number of nitrogens with one attached hydrogen (secondary N) is 2. The van der Waals surface area contributed by atoms with Crippen molar-refractivity contribution in [2.45, 2.75) is 57.2 Å². The molecule has 0 saturated heterocycles. The molecule has 0 radical (unpaired) electrons. The van der Waals surface area contributed by atoms with Crippen molar-refractivity contribution in [3.63, 3.8) is 0 Å². The molecule has 3 aromatic heterocycles. The molecule has 0 bridgehead atoms. The van der Waals surface area contributed by atoms with E-state index in [9.17, 15) is 22.4 Å². The normalized spacial score (nSPS) is 19.5. The Hall–Kier alpha value is -2.82. The summed E-state index contributed by atoms with van der Waals surface area (Å²) in [5.74, 6) is -2.92. The van der Waals surface area contributed by atoms with Gasteiger partial charge in [0.15, 0.2) is 5.15 Å². The molecule has 7 nitrogen and oxygen atoms in total. The number of aromatic nitrogens is 4. The fourth-order valence-electron chi connectivity index (χ4n) is 3.82. The molecule has 172 valence electrons. The highest BCUT2D eigenvalue weighted by Gasteiger charge is 2.29.